The fourth-order valence-corrected chi connectivity index (χ4v) is 2.85. The molecule has 0 aliphatic carbocycles. The lowest BCUT2D eigenvalue weighted by atomic mass is 10.1. The Labute approximate surface area is 118 Å². The predicted octanol–water partition coefficient (Wildman–Crippen LogP) is 3.39. The molecule has 1 N–H and O–H groups in total. The van der Waals surface area contributed by atoms with Gasteiger partial charge in [0.05, 0.1) is 5.52 Å². The number of hydrogen-bond donors (Lipinski definition) is 1. The smallest absolute Gasteiger partial charge is 0.126 e. The van der Waals surface area contributed by atoms with Crippen LogP contribution in [-0.2, 0) is 0 Å². The third kappa shape index (κ3) is 2.99. The number of nitrogens with one attached hydrogen (secondary N) is 1. The highest BCUT2D eigenvalue weighted by molar-refractivity contribution is 6.31. The first-order chi connectivity index (χ1) is 9.20. The molecule has 0 amide bonds. The molecule has 0 bridgehead atoms. The van der Waals surface area contributed by atoms with Gasteiger partial charge in [0.25, 0.3) is 0 Å². The summed E-state index contributed by atoms with van der Waals surface area (Å²) in [7, 11) is 2.17. The number of aromatic nitrogens is 1. The molecule has 2 heterocycles. The molecular formula is C15H18ClN3. The normalized spacial score (nSPS) is 20.6. The molecule has 0 saturated carbocycles. The topological polar surface area (TPSA) is 28.2 Å². The van der Waals surface area contributed by atoms with E-state index in [4.69, 9.17) is 11.6 Å². The van der Waals surface area contributed by atoms with Gasteiger partial charge in [-0.15, -0.1) is 0 Å². The molecule has 2 aromatic rings. The van der Waals surface area contributed by atoms with E-state index in [0.29, 0.717) is 6.04 Å². The van der Waals surface area contributed by atoms with E-state index in [1.807, 2.05) is 24.3 Å². The van der Waals surface area contributed by atoms with Gasteiger partial charge in [-0.1, -0.05) is 11.6 Å². The number of likely N-dealkylation sites (tertiary alicyclic amines) is 1. The summed E-state index contributed by atoms with van der Waals surface area (Å²) in [5.41, 5.74) is 0.985. The summed E-state index contributed by atoms with van der Waals surface area (Å²) >= 11 is 5.98. The Balaban J connectivity index is 1.79. The van der Waals surface area contributed by atoms with Crippen LogP contribution in [0.5, 0.6) is 0 Å². The second-order valence-corrected chi connectivity index (χ2v) is 5.72. The number of rotatable bonds is 2. The summed E-state index contributed by atoms with van der Waals surface area (Å²) in [6.07, 6.45) is 2.46. The number of benzene rings is 1. The standard InChI is InChI=1S/C15H18ClN3/c1-19-8-2-3-13(10-19)17-15-7-4-11-9-12(16)5-6-14(11)18-15/h4-7,9,13H,2-3,8,10H2,1H3,(H,17,18). The van der Waals surface area contributed by atoms with Crippen LogP contribution >= 0.6 is 11.6 Å². The molecule has 1 aromatic heterocycles. The minimum atomic E-state index is 0.496. The van der Waals surface area contributed by atoms with Gasteiger partial charge in [-0.05, 0) is 56.8 Å². The summed E-state index contributed by atoms with van der Waals surface area (Å²) < 4.78 is 0. The fourth-order valence-electron chi connectivity index (χ4n) is 2.67. The molecule has 3 rings (SSSR count). The minimum absolute atomic E-state index is 0.496. The molecule has 100 valence electrons. The lowest BCUT2D eigenvalue weighted by Crippen LogP contribution is -2.39. The van der Waals surface area contributed by atoms with Crippen molar-refractivity contribution in [1.29, 1.82) is 0 Å². The Morgan fingerprint density at radius 2 is 2.21 bits per heavy atom. The van der Waals surface area contributed by atoms with Gasteiger partial charge < -0.3 is 10.2 Å². The van der Waals surface area contributed by atoms with E-state index in [2.05, 4.69) is 28.3 Å². The molecule has 1 aliphatic heterocycles. The van der Waals surface area contributed by atoms with E-state index in [0.717, 1.165) is 28.3 Å². The van der Waals surface area contributed by atoms with Crippen LogP contribution < -0.4 is 5.32 Å². The van der Waals surface area contributed by atoms with Crippen LogP contribution in [0.15, 0.2) is 30.3 Å². The lowest BCUT2D eigenvalue weighted by molar-refractivity contribution is 0.261. The summed E-state index contributed by atoms with van der Waals surface area (Å²) in [4.78, 5) is 7.01. The number of nitrogens with zero attached hydrogens (tertiary/aromatic N) is 2. The summed E-state index contributed by atoms with van der Waals surface area (Å²) in [5, 5.41) is 5.37. The third-order valence-electron chi connectivity index (χ3n) is 3.63. The zero-order valence-electron chi connectivity index (χ0n) is 11.1. The second-order valence-electron chi connectivity index (χ2n) is 5.28. The Morgan fingerprint density at radius 3 is 3.05 bits per heavy atom. The Hall–Kier alpha value is -1.32. The highest BCUT2D eigenvalue weighted by atomic mass is 35.5. The van der Waals surface area contributed by atoms with Gasteiger partial charge in [0.2, 0.25) is 0 Å². The first kappa shape index (κ1) is 12.7. The largest absolute Gasteiger partial charge is 0.366 e. The van der Waals surface area contributed by atoms with Crippen molar-refractivity contribution in [2.24, 2.45) is 0 Å². The van der Waals surface area contributed by atoms with Crippen LogP contribution in [-0.4, -0.2) is 36.1 Å². The average Bonchev–Trinajstić information content (AvgIpc) is 2.39. The van der Waals surface area contributed by atoms with Gasteiger partial charge >= 0.3 is 0 Å². The number of pyridine rings is 1. The molecule has 1 saturated heterocycles. The molecule has 1 fully saturated rings. The summed E-state index contributed by atoms with van der Waals surface area (Å²) in [6.45, 7) is 2.28. The van der Waals surface area contributed by atoms with Gasteiger partial charge in [-0.3, -0.25) is 0 Å². The van der Waals surface area contributed by atoms with Crippen LogP contribution in [0.1, 0.15) is 12.8 Å². The molecule has 19 heavy (non-hydrogen) atoms. The van der Waals surface area contributed by atoms with Crippen molar-refractivity contribution in [3.05, 3.63) is 35.4 Å². The van der Waals surface area contributed by atoms with E-state index in [1.165, 1.54) is 19.4 Å². The number of hydrogen-bond acceptors (Lipinski definition) is 3. The number of fused-ring (bicyclic) bond motifs is 1. The van der Waals surface area contributed by atoms with Crippen molar-refractivity contribution in [3.8, 4) is 0 Å². The highest BCUT2D eigenvalue weighted by Crippen LogP contribution is 2.21. The van der Waals surface area contributed by atoms with Crippen LogP contribution in [0.2, 0.25) is 5.02 Å². The van der Waals surface area contributed by atoms with Crippen molar-refractivity contribution in [1.82, 2.24) is 9.88 Å². The maximum Gasteiger partial charge on any atom is 0.126 e. The Kier molecular flexibility index (Phi) is 3.58. The maximum atomic E-state index is 5.98. The third-order valence-corrected chi connectivity index (χ3v) is 3.86. The maximum absolute atomic E-state index is 5.98. The lowest BCUT2D eigenvalue weighted by Gasteiger charge is -2.30. The van der Waals surface area contributed by atoms with Crippen molar-refractivity contribution < 1.29 is 0 Å². The van der Waals surface area contributed by atoms with Gasteiger partial charge in [-0.25, -0.2) is 4.98 Å². The van der Waals surface area contributed by atoms with Crippen molar-refractivity contribution >= 4 is 28.3 Å². The van der Waals surface area contributed by atoms with Crippen molar-refractivity contribution in [2.45, 2.75) is 18.9 Å². The van der Waals surface area contributed by atoms with E-state index in [9.17, 15) is 0 Å². The first-order valence-electron chi connectivity index (χ1n) is 6.72. The molecule has 0 spiro atoms. The minimum Gasteiger partial charge on any atom is -0.366 e. The number of halogens is 1. The quantitative estimate of drug-likeness (QED) is 0.911. The van der Waals surface area contributed by atoms with Crippen molar-refractivity contribution in [3.63, 3.8) is 0 Å². The number of likely N-dealkylation sites (N-methyl/N-ethyl adjacent to an activating group) is 1. The number of piperidine rings is 1. The van der Waals surface area contributed by atoms with Crippen LogP contribution in [0.4, 0.5) is 5.82 Å². The van der Waals surface area contributed by atoms with Crippen LogP contribution in [0.3, 0.4) is 0 Å². The van der Waals surface area contributed by atoms with Crippen LogP contribution in [0, 0.1) is 0 Å². The van der Waals surface area contributed by atoms with Gasteiger partial charge in [0.15, 0.2) is 0 Å². The van der Waals surface area contributed by atoms with Crippen LogP contribution in [0.25, 0.3) is 10.9 Å². The molecule has 3 nitrogen and oxygen atoms in total. The van der Waals surface area contributed by atoms with E-state index >= 15 is 0 Å². The van der Waals surface area contributed by atoms with Crippen molar-refractivity contribution in [2.75, 3.05) is 25.5 Å². The Morgan fingerprint density at radius 1 is 1.32 bits per heavy atom. The summed E-state index contributed by atoms with van der Waals surface area (Å²) in [6, 6.07) is 10.4. The van der Waals surface area contributed by atoms with Gasteiger partial charge in [0, 0.05) is 23.0 Å². The Bertz CT molecular complexity index is 585. The summed E-state index contributed by atoms with van der Waals surface area (Å²) in [5.74, 6) is 0.954. The van der Waals surface area contributed by atoms with E-state index < -0.39 is 0 Å². The van der Waals surface area contributed by atoms with E-state index in [1.54, 1.807) is 0 Å². The molecule has 1 aromatic carbocycles. The SMILES string of the molecule is CN1CCCC(Nc2ccc3cc(Cl)ccc3n2)C1. The molecule has 1 unspecified atom stereocenters. The number of anilines is 1. The van der Waals surface area contributed by atoms with E-state index in [-0.39, 0.29) is 0 Å². The highest BCUT2D eigenvalue weighted by Gasteiger charge is 2.17. The molecule has 4 heteroatoms. The zero-order chi connectivity index (χ0) is 13.2. The monoisotopic (exact) mass is 275 g/mol. The van der Waals surface area contributed by atoms with Gasteiger partial charge in [-0.2, -0.15) is 0 Å². The predicted molar refractivity (Wildman–Crippen MR) is 80.9 cm³/mol. The second kappa shape index (κ2) is 5.35. The molecular weight excluding hydrogens is 258 g/mol. The van der Waals surface area contributed by atoms with Gasteiger partial charge in [0.1, 0.15) is 5.82 Å². The fraction of sp³-hybridized carbons (Fsp3) is 0.400. The average molecular weight is 276 g/mol. The first-order valence-corrected chi connectivity index (χ1v) is 7.10. The molecule has 1 atom stereocenters. The molecule has 1 aliphatic rings. The zero-order valence-corrected chi connectivity index (χ0v) is 11.8. The molecule has 0 radical (unpaired) electrons.